The van der Waals surface area contributed by atoms with Crippen molar-refractivity contribution < 1.29 is 14.3 Å². The molecule has 116 valence electrons. The van der Waals surface area contributed by atoms with Crippen molar-refractivity contribution in [3.63, 3.8) is 0 Å². The van der Waals surface area contributed by atoms with Crippen molar-refractivity contribution in [2.75, 3.05) is 32.8 Å². The Labute approximate surface area is 122 Å². The molecule has 1 unspecified atom stereocenters. The first-order valence-corrected chi connectivity index (χ1v) is 7.73. The van der Waals surface area contributed by atoms with E-state index in [9.17, 15) is 4.79 Å². The van der Waals surface area contributed by atoms with E-state index in [4.69, 9.17) is 9.47 Å². The van der Waals surface area contributed by atoms with Gasteiger partial charge in [-0.25, -0.2) is 4.79 Å². The number of carbonyl (C=O) groups is 1. The van der Waals surface area contributed by atoms with E-state index in [-0.39, 0.29) is 6.09 Å². The van der Waals surface area contributed by atoms with Crippen LogP contribution in [0.3, 0.4) is 0 Å². The zero-order valence-corrected chi connectivity index (χ0v) is 13.0. The molecule has 0 radical (unpaired) electrons. The van der Waals surface area contributed by atoms with Crippen molar-refractivity contribution in [2.45, 2.75) is 51.7 Å². The molecular weight excluding hydrogens is 256 g/mol. The topological polar surface area (TPSA) is 50.8 Å². The molecule has 2 aliphatic rings. The van der Waals surface area contributed by atoms with Gasteiger partial charge in [-0.2, -0.15) is 0 Å². The van der Waals surface area contributed by atoms with Crippen LogP contribution in [0, 0.1) is 5.92 Å². The van der Waals surface area contributed by atoms with E-state index in [1.165, 1.54) is 0 Å². The van der Waals surface area contributed by atoms with Gasteiger partial charge in [0, 0.05) is 38.9 Å². The lowest BCUT2D eigenvalue weighted by Gasteiger charge is -2.36. The van der Waals surface area contributed by atoms with Crippen LogP contribution in [0.25, 0.3) is 0 Å². The second-order valence-corrected chi connectivity index (χ2v) is 6.87. The van der Waals surface area contributed by atoms with Crippen molar-refractivity contribution in [2.24, 2.45) is 5.92 Å². The number of rotatable bonds is 2. The van der Waals surface area contributed by atoms with Crippen LogP contribution in [0.2, 0.25) is 0 Å². The maximum Gasteiger partial charge on any atom is 0.410 e. The fourth-order valence-electron chi connectivity index (χ4n) is 2.86. The molecule has 0 aromatic carbocycles. The quantitative estimate of drug-likeness (QED) is 0.843. The van der Waals surface area contributed by atoms with E-state index in [2.05, 4.69) is 5.32 Å². The van der Waals surface area contributed by atoms with Crippen molar-refractivity contribution >= 4 is 6.09 Å². The maximum absolute atomic E-state index is 12.1. The molecule has 2 fully saturated rings. The lowest BCUT2D eigenvalue weighted by atomic mass is 9.92. The Morgan fingerprint density at radius 1 is 1.35 bits per heavy atom. The highest BCUT2D eigenvalue weighted by Crippen LogP contribution is 2.22. The van der Waals surface area contributed by atoms with Crippen LogP contribution in [0.4, 0.5) is 4.79 Å². The van der Waals surface area contributed by atoms with E-state index in [0.717, 1.165) is 58.0 Å². The molecule has 0 bridgehead atoms. The lowest BCUT2D eigenvalue weighted by Crippen LogP contribution is -2.54. The second kappa shape index (κ2) is 6.76. The van der Waals surface area contributed by atoms with E-state index < -0.39 is 5.60 Å². The van der Waals surface area contributed by atoms with Crippen molar-refractivity contribution in [3.05, 3.63) is 0 Å². The van der Waals surface area contributed by atoms with Crippen molar-refractivity contribution in [3.8, 4) is 0 Å². The van der Waals surface area contributed by atoms with E-state index in [0.29, 0.717) is 6.04 Å². The van der Waals surface area contributed by atoms with Crippen LogP contribution in [0.15, 0.2) is 0 Å². The molecule has 2 saturated heterocycles. The highest BCUT2D eigenvalue weighted by molar-refractivity contribution is 5.68. The van der Waals surface area contributed by atoms with Crippen LogP contribution < -0.4 is 5.32 Å². The summed E-state index contributed by atoms with van der Waals surface area (Å²) in [5.41, 5.74) is -0.418. The molecule has 2 rings (SSSR count). The van der Waals surface area contributed by atoms with Gasteiger partial charge >= 0.3 is 6.09 Å². The van der Waals surface area contributed by atoms with Gasteiger partial charge in [0.2, 0.25) is 0 Å². The maximum atomic E-state index is 12.1. The average molecular weight is 284 g/mol. The lowest BCUT2D eigenvalue weighted by molar-refractivity contribution is 0.0164. The minimum absolute atomic E-state index is 0.184. The van der Waals surface area contributed by atoms with Crippen molar-refractivity contribution in [1.29, 1.82) is 0 Å². The van der Waals surface area contributed by atoms with Gasteiger partial charge in [-0.3, -0.25) is 0 Å². The summed E-state index contributed by atoms with van der Waals surface area (Å²) < 4.78 is 10.9. The Hall–Kier alpha value is -0.810. The van der Waals surface area contributed by atoms with Crippen LogP contribution in [-0.2, 0) is 9.47 Å². The fraction of sp³-hybridized carbons (Fsp3) is 0.933. The fourth-order valence-corrected chi connectivity index (χ4v) is 2.86. The third-order valence-electron chi connectivity index (χ3n) is 3.87. The predicted molar refractivity (Wildman–Crippen MR) is 77.8 cm³/mol. The summed E-state index contributed by atoms with van der Waals surface area (Å²) >= 11 is 0. The second-order valence-electron chi connectivity index (χ2n) is 6.87. The van der Waals surface area contributed by atoms with Gasteiger partial charge in [0.1, 0.15) is 5.60 Å². The molecule has 0 spiro atoms. The first-order valence-electron chi connectivity index (χ1n) is 7.73. The minimum atomic E-state index is -0.418. The Kier molecular flexibility index (Phi) is 5.27. The van der Waals surface area contributed by atoms with Gasteiger partial charge in [-0.15, -0.1) is 0 Å². The summed E-state index contributed by atoms with van der Waals surface area (Å²) in [7, 11) is 0. The Balaban J connectivity index is 1.80. The summed E-state index contributed by atoms with van der Waals surface area (Å²) in [6, 6.07) is 0.388. The summed E-state index contributed by atoms with van der Waals surface area (Å²) in [5.74, 6) is 0.722. The minimum Gasteiger partial charge on any atom is -0.444 e. The third-order valence-corrected chi connectivity index (χ3v) is 3.87. The average Bonchev–Trinajstić information content (AvgIpc) is 2.38. The van der Waals surface area contributed by atoms with Gasteiger partial charge in [0.25, 0.3) is 0 Å². The van der Waals surface area contributed by atoms with Gasteiger partial charge < -0.3 is 19.7 Å². The monoisotopic (exact) mass is 284 g/mol. The molecule has 0 aliphatic carbocycles. The molecule has 0 saturated carbocycles. The number of hydrogen-bond acceptors (Lipinski definition) is 4. The number of hydrogen-bond donors (Lipinski definition) is 1. The van der Waals surface area contributed by atoms with Gasteiger partial charge in [-0.1, -0.05) is 0 Å². The van der Waals surface area contributed by atoms with Gasteiger partial charge in [-0.05, 0) is 46.0 Å². The highest BCUT2D eigenvalue weighted by atomic mass is 16.6. The zero-order chi connectivity index (χ0) is 14.6. The SMILES string of the molecule is CC(C)(C)OC(=O)N1CCNC(CC2CCOCC2)C1. The van der Waals surface area contributed by atoms with Crippen LogP contribution in [-0.4, -0.2) is 55.5 Å². The number of amides is 1. The van der Waals surface area contributed by atoms with E-state index in [1.807, 2.05) is 25.7 Å². The summed E-state index contributed by atoms with van der Waals surface area (Å²) in [4.78, 5) is 13.9. The molecule has 1 atom stereocenters. The normalized spacial score (nSPS) is 25.6. The Bertz CT molecular complexity index is 322. The Morgan fingerprint density at radius 2 is 2.05 bits per heavy atom. The first kappa shape index (κ1) is 15.6. The zero-order valence-electron chi connectivity index (χ0n) is 13.0. The predicted octanol–water partition coefficient (Wildman–Crippen LogP) is 2.01. The molecule has 0 aromatic rings. The molecule has 1 N–H and O–H groups in total. The van der Waals surface area contributed by atoms with Gasteiger partial charge in [0.05, 0.1) is 0 Å². The molecule has 0 aromatic heterocycles. The number of piperazine rings is 1. The van der Waals surface area contributed by atoms with Crippen LogP contribution >= 0.6 is 0 Å². The first-order chi connectivity index (χ1) is 9.44. The Morgan fingerprint density at radius 3 is 2.70 bits per heavy atom. The molecule has 2 aliphatic heterocycles. The number of nitrogens with zero attached hydrogens (tertiary/aromatic N) is 1. The molecule has 5 heteroatoms. The molecule has 1 amide bonds. The van der Waals surface area contributed by atoms with Crippen molar-refractivity contribution in [1.82, 2.24) is 10.2 Å². The smallest absolute Gasteiger partial charge is 0.410 e. The summed E-state index contributed by atoms with van der Waals surface area (Å²) in [6.45, 7) is 9.84. The number of carbonyl (C=O) groups excluding carboxylic acids is 1. The molecule has 2 heterocycles. The largest absolute Gasteiger partial charge is 0.444 e. The van der Waals surface area contributed by atoms with Crippen LogP contribution in [0.1, 0.15) is 40.0 Å². The van der Waals surface area contributed by atoms with Crippen LogP contribution in [0.5, 0.6) is 0 Å². The van der Waals surface area contributed by atoms with E-state index >= 15 is 0 Å². The standard InChI is InChI=1S/C15H28N2O3/c1-15(2,3)20-14(18)17-7-6-16-13(11-17)10-12-4-8-19-9-5-12/h12-13,16H,4-11H2,1-3H3. The molecular formula is C15H28N2O3. The van der Waals surface area contributed by atoms with Gasteiger partial charge in [0.15, 0.2) is 0 Å². The molecule has 20 heavy (non-hydrogen) atoms. The highest BCUT2D eigenvalue weighted by Gasteiger charge is 2.29. The summed E-state index contributed by atoms with van der Waals surface area (Å²) in [6.07, 6.45) is 3.23. The molecule has 5 nitrogen and oxygen atoms in total. The number of ether oxygens (including phenoxy) is 2. The summed E-state index contributed by atoms with van der Waals surface area (Å²) in [5, 5.41) is 3.52. The third kappa shape index (κ3) is 4.94. The number of nitrogens with one attached hydrogen (secondary N) is 1. The van der Waals surface area contributed by atoms with E-state index in [1.54, 1.807) is 0 Å².